The molecule has 0 aromatic rings. The van der Waals surface area contributed by atoms with Crippen molar-refractivity contribution in [2.45, 2.75) is 25.7 Å². The van der Waals surface area contributed by atoms with Gasteiger partial charge in [0.25, 0.3) is 0 Å². The van der Waals surface area contributed by atoms with Crippen LogP contribution in [0.4, 0.5) is 0 Å². The molecule has 0 aromatic heterocycles. The summed E-state index contributed by atoms with van der Waals surface area (Å²) in [6, 6.07) is 0. The Hall–Kier alpha value is 0.660. The van der Waals surface area contributed by atoms with Crippen molar-refractivity contribution in [3.8, 4) is 0 Å². The first-order valence-electron chi connectivity index (χ1n) is 5.31. The maximum atomic E-state index is 4.91. The minimum atomic E-state index is 0.945. The van der Waals surface area contributed by atoms with Crippen molar-refractivity contribution < 1.29 is 0 Å². The molecule has 0 spiro atoms. The van der Waals surface area contributed by atoms with E-state index in [1.165, 1.54) is 56.8 Å². The third kappa shape index (κ3) is 5.87. The lowest BCUT2D eigenvalue weighted by Crippen LogP contribution is -2.33. The van der Waals surface area contributed by atoms with Gasteiger partial charge in [-0.3, -0.25) is 0 Å². The Labute approximate surface area is 92.1 Å². The summed E-state index contributed by atoms with van der Waals surface area (Å²) in [6.07, 6.45) is 5.33. The molecule has 1 aliphatic heterocycles. The predicted molar refractivity (Wildman–Crippen MR) is 64.7 cm³/mol. The molecule has 0 atom stereocenters. The van der Waals surface area contributed by atoms with Crippen LogP contribution >= 0.6 is 24.4 Å². The van der Waals surface area contributed by atoms with Crippen molar-refractivity contribution in [1.29, 1.82) is 0 Å². The van der Waals surface area contributed by atoms with Crippen molar-refractivity contribution in [3.63, 3.8) is 0 Å². The first-order valence-corrected chi connectivity index (χ1v) is 7.05. The van der Waals surface area contributed by atoms with Crippen LogP contribution in [-0.4, -0.2) is 41.8 Å². The van der Waals surface area contributed by atoms with Crippen LogP contribution in [0, 0.1) is 0 Å². The third-order valence-corrected chi connectivity index (χ3v) is 3.70. The quantitative estimate of drug-likeness (QED) is 0.631. The summed E-state index contributed by atoms with van der Waals surface area (Å²) < 4.78 is 0. The van der Waals surface area contributed by atoms with Gasteiger partial charge in [0.2, 0.25) is 0 Å². The molecule has 0 saturated carbocycles. The number of nitrogens with zero attached hydrogens (tertiary/aromatic N) is 1. The maximum Gasteiger partial charge on any atom is 0.00727 e. The van der Waals surface area contributed by atoms with Gasteiger partial charge < -0.3 is 4.90 Å². The van der Waals surface area contributed by atoms with Crippen molar-refractivity contribution >= 4 is 24.4 Å². The highest BCUT2D eigenvalue weighted by molar-refractivity contribution is 7.99. The molecule has 1 aliphatic rings. The molecule has 1 nitrogen and oxygen atoms in total. The summed E-state index contributed by atoms with van der Waals surface area (Å²) in [7, 11) is 0. The lowest BCUT2D eigenvalue weighted by molar-refractivity contribution is 0.294. The Balaban J connectivity index is 1.86. The van der Waals surface area contributed by atoms with E-state index in [-0.39, 0.29) is 0 Å². The summed E-state index contributed by atoms with van der Waals surface area (Å²) in [5.74, 6) is 3.62. The summed E-state index contributed by atoms with van der Waals surface area (Å²) in [4.78, 5) is 2.60. The Morgan fingerprint density at radius 3 is 2.38 bits per heavy atom. The van der Waals surface area contributed by atoms with Crippen LogP contribution in [0.3, 0.4) is 0 Å². The highest BCUT2D eigenvalue weighted by atomic mass is 32.2. The van der Waals surface area contributed by atoms with E-state index >= 15 is 0 Å². The fraction of sp³-hybridized carbons (Fsp3) is 1.00. The smallest absolute Gasteiger partial charge is 0.00727 e. The molecule has 3 heteroatoms. The topological polar surface area (TPSA) is 3.24 Å². The number of hydrogen-bond donors (Lipinski definition) is 0. The molecule has 1 rings (SSSR count). The van der Waals surface area contributed by atoms with E-state index in [4.69, 9.17) is 12.6 Å². The van der Waals surface area contributed by atoms with Gasteiger partial charge in [0.1, 0.15) is 0 Å². The zero-order valence-corrected chi connectivity index (χ0v) is 9.97. The highest BCUT2D eigenvalue weighted by Crippen LogP contribution is 2.10. The maximum absolute atomic E-state index is 4.91. The van der Waals surface area contributed by atoms with Gasteiger partial charge in [0.05, 0.1) is 0 Å². The normalized spacial score (nSPS) is 19.2. The fourth-order valence-electron chi connectivity index (χ4n) is 1.62. The molecule has 0 bridgehead atoms. The van der Waals surface area contributed by atoms with E-state index in [2.05, 4.69) is 16.7 Å². The van der Waals surface area contributed by atoms with Crippen LogP contribution < -0.4 is 0 Å². The summed E-state index contributed by atoms with van der Waals surface area (Å²) in [5.41, 5.74) is 0. The highest BCUT2D eigenvalue weighted by Gasteiger charge is 2.08. The average molecular weight is 218 g/mol. The van der Waals surface area contributed by atoms with Gasteiger partial charge in [-0.15, -0.1) is 0 Å². The molecule has 0 aromatic carbocycles. The van der Waals surface area contributed by atoms with E-state index in [9.17, 15) is 0 Å². The minimum absolute atomic E-state index is 0.945. The monoisotopic (exact) mass is 218 g/mol. The first kappa shape index (κ1) is 11.7. The number of rotatable bonds is 6. The molecule has 1 fully saturated rings. The van der Waals surface area contributed by atoms with Crippen LogP contribution in [0.25, 0.3) is 0 Å². The van der Waals surface area contributed by atoms with Crippen LogP contribution in [0.2, 0.25) is 0 Å². The predicted octanol–water partition coefficient (Wildman–Crippen LogP) is 2.79. The molecule has 0 amide bonds. The van der Waals surface area contributed by atoms with E-state index in [0.717, 1.165) is 5.75 Å². The van der Waals surface area contributed by atoms with Gasteiger partial charge in [0, 0.05) is 30.3 Å². The Morgan fingerprint density at radius 1 is 1.00 bits per heavy atom. The summed E-state index contributed by atoms with van der Waals surface area (Å²) >= 11 is 7.00. The van der Waals surface area contributed by atoms with E-state index in [1.807, 2.05) is 0 Å². The van der Waals surface area contributed by atoms with Crippen molar-refractivity contribution in [2.75, 3.05) is 36.9 Å². The second-order valence-electron chi connectivity index (χ2n) is 3.57. The molecule has 13 heavy (non-hydrogen) atoms. The molecular formula is C10H20NS2. The molecule has 0 N–H and O–H groups in total. The summed E-state index contributed by atoms with van der Waals surface area (Å²) in [6.45, 7) is 3.94. The fourth-order valence-corrected chi connectivity index (χ4v) is 2.80. The Morgan fingerprint density at radius 2 is 1.69 bits per heavy atom. The Kier molecular flexibility index (Phi) is 7.23. The minimum Gasteiger partial charge on any atom is -0.302 e. The van der Waals surface area contributed by atoms with Crippen molar-refractivity contribution in [1.82, 2.24) is 4.90 Å². The van der Waals surface area contributed by atoms with Gasteiger partial charge in [-0.05, 0) is 19.4 Å². The molecule has 0 aliphatic carbocycles. The van der Waals surface area contributed by atoms with Gasteiger partial charge in [-0.2, -0.15) is 11.8 Å². The molecule has 1 radical (unpaired) electrons. The zero-order valence-electron chi connectivity index (χ0n) is 8.33. The van der Waals surface area contributed by atoms with E-state index in [1.54, 1.807) is 0 Å². The van der Waals surface area contributed by atoms with E-state index < -0.39 is 0 Å². The average Bonchev–Trinajstić information content (AvgIpc) is 2.19. The number of unbranched alkanes of at least 4 members (excludes halogenated alkanes) is 3. The van der Waals surface area contributed by atoms with E-state index in [0.29, 0.717) is 0 Å². The molecule has 0 unspecified atom stereocenters. The van der Waals surface area contributed by atoms with Crippen molar-refractivity contribution in [2.24, 2.45) is 0 Å². The molecule has 1 saturated heterocycles. The second kappa shape index (κ2) is 8.01. The van der Waals surface area contributed by atoms with Gasteiger partial charge >= 0.3 is 0 Å². The number of hydrogen-bond acceptors (Lipinski definition) is 2. The lowest BCUT2D eigenvalue weighted by atomic mass is 10.2. The molecule has 77 valence electrons. The molecule has 1 heterocycles. The standard InChI is InChI=1S/C10H20NS2/c12-8-4-2-1-3-5-11-6-9-13-10-7-11/h1-10H2. The van der Waals surface area contributed by atoms with Crippen molar-refractivity contribution in [3.05, 3.63) is 0 Å². The second-order valence-corrected chi connectivity index (χ2v) is 5.21. The van der Waals surface area contributed by atoms with Crippen LogP contribution in [-0.2, 0) is 0 Å². The van der Waals surface area contributed by atoms with Gasteiger partial charge in [-0.1, -0.05) is 25.5 Å². The van der Waals surface area contributed by atoms with Crippen LogP contribution in [0.5, 0.6) is 0 Å². The van der Waals surface area contributed by atoms with Crippen LogP contribution in [0.15, 0.2) is 0 Å². The van der Waals surface area contributed by atoms with Gasteiger partial charge in [0.15, 0.2) is 0 Å². The molecular weight excluding hydrogens is 198 g/mol. The number of thioether (sulfide) groups is 1. The zero-order chi connectivity index (χ0) is 9.36. The van der Waals surface area contributed by atoms with Gasteiger partial charge in [-0.25, -0.2) is 0 Å². The third-order valence-electron chi connectivity index (χ3n) is 2.47. The van der Waals surface area contributed by atoms with Crippen LogP contribution in [0.1, 0.15) is 25.7 Å². The summed E-state index contributed by atoms with van der Waals surface area (Å²) in [5, 5.41) is 0. The Bertz CT molecular complexity index is 113. The first-order chi connectivity index (χ1) is 6.43. The lowest BCUT2D eigenvalue weighted by Gasteiger charge is -2.25. The largest absolute Gasteiger partial charge is 0.302 e. The SMILES string of the molecule is [S]CCCCCCN1CCSCC1.